The van der Waals surface area contributed by atoms with Gasteiger partial charge in [0.1, 0.15) is 0 Å². The Morgan fingerprint density at radius 3 is 2.33 bits per heavy atom. The summed E-state index contributed by atoms with van der Waals surface area (Å²) in [5, 5.41) is 11.8. The zero-order chi connectivity index (χ0) is 15.8. The number of carboxylic acids is 1. The number of hydrogen-bond acceptors (Lipinski definition) is 3. The van der Waals surface area contributed by atoms with E-state index < -0.39 is 5.97 Å². The van der Waals surface area contributed by atoms with Crippen molar-refractivity contribution in [3.05, 3.63) is 0 Å². The fourth-order valence-electron chi connectivity index (χ4n) is 2.77. The lowest BCUT2D eigenvalue weighted by atomic mass is 10.1. The van der Waals surface area contributed by atoms with Gasteiger partial charge in [0.2, 0.25) is 11.8 Å². The van der Waals surface area contributed by atoms with Gasteiger partial charge in [0, 0.05) is 32.0 Å². The van der Waals surface area contributed by atoms with Gasteiger partial charge >= 0.3 is 5.97 Å². The number of amides is 2. The summed E-state index contributed by atoms with van der Waals surface area (Å²) in [5.41, 5.74) is 0. The number of rotatable bonds is 8. The molecule has 1 rings (SSSR count). The van der Waals surface area contributed by atoms with Crippen LogP contribution in [0, 0.1) is 5.92 Å². The first-order valence-electron chi connectivity index (χ1n) is 7.77. The second-order valence-electron chi connectivity index (χ2n) is 5.53. The summed E-state index contributed by atoms with van der Waals surface area (Å²) in [4.78, 5) is 36.2. The maximum absolute atomic E-state index is 11.8. The van der Waals surface area contributed by atoms with E-state index in [-0.39, 0.29) is 23.8 Å². The topological polar surface area (TPSA) is 86.7 Å². The Bertz CT molecular complexity index is 380. The average molecular weight is 298 g/mol. The third-order valence-electron chi connectivity index (χ3n) is 4.06. The van der Waals surface area contributed by atoms with Gasteiger partial charge in [-0.2, -0.15) is 0 Å². The van der Waals surface area contributed by atoms with Crippen LogP contribution < -0.4 is 5.32 Å². The summed E-state index contributed by atoms with van der Waals surface area (Å²) in [6.07, 6.45) is 3.11. The smallest absolute Gasteiger partial charge is 0.306 e. The van der Waals surface area contributed by atoms with Gasteiger partial charge in [0.25, 0.3) is 0 Å². The van der Waals surface area contributed by atoms with Crippen molar-refractivity contribution in [3.8, 4) is 0 Å². The number of nitrogens with zero attached hydrogens (tertiary/aromatic N) is 1. The van der Waals surface area contributed by atoms with Crippen molar-refractivity contribution in [1.82, 2.24) is 10.2 Å². The SMILES string of the molecule is CCN(CC)C(=O)CCCC(=O)N[C@H]1CC[C@@H](C(=O)O)C1. The van der Waals surface area contributed by atoms with Gasteiger partial charge in [-0.15, -0.1) is 0 Å². The average Bonchev–Trinajstić information content (AvgIpc) is 2.88. The molecule has 1 fully saturated rings. The maximum Gasteiger partial charge on any atom is 0.306 e. The first-order valence-corrected chi connectivity index (χ1v) is 7.77. The highest BCUT2D eigenvalue weighted by molar-refractivity contribution is 5.79. The number of nitrogens with one attached hydrogen (secondary N) is 1. The van der Waals surface area contributed by atoms with E-state index in [1.54, 1.807) is 4.90 Å². The molecule has 21 heavy (non-hydrogen) atoms. The highest BCUT2D eigenvalue weighted by Gasteiger charge is 2.30. The third kappa shape index (κ3) is 5.73. The quantitative estimate of drug-likeness (QED) is 0.709. The molecule has 2 amide bonds. The van der Waals surface area contributed by atoms with E-state index in [9.17, 15) is 14.4 Å². The van der Waals surface area contributed by atoms with Crippen molar-refractivity contribution < 1.29 is 19.5 Å². The molecule has 0 radical (unpaired) electrons. The number of carboxylic acid groups (broad SMARTS) is 1. The van der Waals surface area contributed by atoms with Gasteiger partial charge in [0.15, 0.2) is 0 Å². The molecule has 6 nitrogen and oxygen atoms in total. The highest BCUT2D eigenvalue weighted by atomic mass is 16.4. The van der Waals surface area contributed by atoms with Gasteiger partial charge in [-0.25, -0.2) is 0 Å². The summed E-state index contributed by atoms with van der Waals surface area (Å²) >= 11 is 0. The normalized spacial score (nSPS) is 21.0. The Kier molecular flexibility index (Phi) is 7.19. The lowest BCUT2D eigenvalue weighted by molar-refractivity contribution is -0.141. The molecule has 0 aromatic rings. The fourth-order valence-corrected chi connectivity index (χ4v) is 2.77. The first kappa shape index (κ1) is 17.5. The summed E-state index contributed by atoms with van der Waals surface area (Å²) in [6.45, 7) is 5.26. The minimum atomic E-state index is -0.781. The van der Waals surface area contributed by atoms with E-state index in [1.165, 1.54) is 0 Å². The van der Waals surface area contributed by atoms with Gasteiger partial charge in [-0.3, -0.25) is 14.4 Å². The minimum absolute atomic E-state index is 0.0305. The molecule has 0 heterocycles. The van der Waals surface area contributed by atoms with Crippen LogP contribution in [0.3, 0.4) is 0 Å². The van der Waals surface area contributed by atoms with Gasteiger partial charge < -0.3 is 15.3 Å². The van der Waals surface area contributed by atoms with Gasteiger partial charge in [-0.05, 0) is 39.5 Å². The minimum Gasteiger partial charge on any atom is -0.481 e. The van der Waals surface area contributed by atoms with E-state index in [2.05, 4.69) is 5.32 Å². The van der Waals surface area contributed by atoms with Crippen molar-refractivity contribution in [2.24, 2.45) is 5.92 Å². The predicted octanol–water partition coefficient (Wildman–Crippen LogP) is 1.39. The molecule has 0 aromatic heterocycles. The van der Waals surface area contributed by atoms with E-state index in [0.29, 0.717) is 45.2 Å². The third-order valence-corrected chi connectivity index (χ3v) is 4.06. The molecule has 2 N–H and O–H groups in total. The summed E-state index contributed by atoms with van der Waals surface area (Å²) in [5.74, 6) is -1.12. The van der Waals surface area contributed by atoms with Crippen LogP contribution in [0.1, 0.15) is 52.4 Å². The Labute approximate surface area is 125 Å². The van der Waals surface area contributed by atoms with Crippen LogP contribution in [-0.4, -0.2) is 46.9 Å². The fraction of sp³-hybridized carbons (Fsp3) is 0.800. The second kappa shape index (κ2) is 8.64. The second-order valence-corrected chi connectivity index (χ2v) is 5.53. The van der Waals surface area contributed by atoms with Crippen LogP contribution >= 0.6 is 0 Å². The largest absolute Gasteiger partial charge is 0.481 e. The standard InChI is InChI=1S/C15H26N2O4/c1-3-17(4-2)14(19)7-5-6-13(18)16-12-9-8-11(10-12)15(20)21/h11-12H,3-10H2,1-2H3,(H,16,18)(H,20,21)/t11-,12+/m1/s1. The van der Waals surface area contributed by atoms with Crippen LogP contribution in [0.5, 0.6) is 0 Å². The van der Waals surface area contributed by atoms with Crippen molar-refractivity contribution in [2.75, 3.05) is 13.1 Å². The van der Waals surface area contributed by atoms with Crippen molar-refractivity contribution >= 4 is 17.8 Å². The zero-order valence-corrected chi connectivity index (χ0v) is 12.9. The summed E-state index contributed by atoms with van der Waals surface area (Å²) in [6, 6.07) is -0.0305. The van der Waals surface area contributed by atoms with Crippen LogP contribution in [0.4, 0.5) is 0 Å². The molecular weight excluding hydrogens is 272 g/mol. The van der Waals surface area contributed by atoms with E-state index in [1.807, 2.05) is 13.8 Å². The first-order chi connectivity index (χ1) is 9.97. The van der Waals surface area contributed by atoms with Crippen LogP contribution in [0.25, 0.3) is 0 Å². The zero-order valence-electron chi connectivity index (χ0n) is 12.9. The molecule has 0 saturated heterocycles. The number of hydrogen-bond donors (Lipinski definition) is 2. The maximum atomic E-state index is 11.8. The van der Waals surface area contributed by atoms with Crippen molar-refractivity contribution in [1.29, 1.82) is 0 Å². The Morgan fingerprint density at radius 2 is 1.81 bits per heavy atom. The molecule has 1 saturated carbocycles. The van der Waals surface area contributed by atoms with Gasteiger partial charge in [0.05, 0.1) is 5.92 Å². The molecule has 2 atom stereocenters. The molecule has 6 heteroatoms. The molecule has 1 aliphatic carbocycles. The molecule has 0 bridgehead atoms. The number of carbonyl (C=O) groups excluding carboxylic acids is 2. The van der Waals surface area contributed by atoms with E-state index >= 15 is 0 Å². The predicted molar refractivity (Wildman–Crippen MR) is 78.7 cm³/mol. The Hall–Kier alpha value is -1.59. The Balaban J connectivity index is 2.20. The van der Waals surface area contributed by atoms with Crippen LogP contribution in [0.15, 0.2) is 0 Å². The number of carbonyl (C=O) groups is 3. The molecule has 1 aliphatic rings. The van der Waals surface area contributed by atoms with E-state index in [4.69, 9.17) is 5.11 Å². The van der Waals surface area contributed by atoms with Crippen molar-refractivity contribution in [3.63, 3.8) is 0 Å². The molecule has 0 spiro atoms. The Morgan fingerprint density at radius 1 is 1.14 bits per heavy atom. The molecular formula is C15H26N2O4. The highest BCUT2D eigenvalue weighted by Crippen LogP contribution is 2.25. The lowest BCUT2D eigenvalue weighted by Gasteiger charge is -2.18. The lowest BCUT2D eigenvalue weighted by Crippen LogP contribution is -2.34. The van der Waals surface area contributed by atoms with Crippen LogP contribution in [-0.2, 0) is 14.4 Å². The monoisotopic (exact) mass is 298 g/mol. The summed E-state index contributed by atoms with van der Waals surface area (Å²) in [7, 11) is 0. The molecule has 0 unspecified atom stereocenters. The van der Waals surface area contributed by atoms with Gasteiger partial charge in [-0.1, -0.05) is 0 Å². The summed E-state index contributed by atoms with van der Waals surface area (Å²) < 4.78 is 0. The molecule has 0 aliphatic heterocycles. The van der Waals surface area contributed by atoms with E-state index in [0.717, 1.165) is 6.42 Å². The number of aliphatic carboxylic acids is 1. The van der Waals surface area contributed by atoms with Crippen molar-refractivity contribution in [2.45, 2.75) is 58.4 Å². The molecule has 0 aromatic carbocycles. The van der Waals surface area contributed by atoms with Crippen LogP contribution in [0.2, 0.25) is 0 Å². The molecule has 120 valence electrons.